The van der Waals surface area contributed by atoms with Gasteiger partial charge in [-0.25, -0.2) is 4.98 Å². The second-order valence-electron chi connectivity index (χ2n) is 6.39. The molecule has 0 spiro atoms. The molecule has 1 fully saturated rings. The van der Waals surface area contributed by atoms with Gasteiger partial charge in [0.15, 0.2) is 11.5 Å². The van der Waals surface area contributed by atoms with Crippen LogP contribution in [0.3, 0.4) is 0 Å². The Labute approximate surface area is 148 Å². The average Bonchev–Trinajstić information content (AvgIpc) is 3.09. The van der Waals surface area contributed by atoms with Gasteiger partial charge in [0.25, 0.3) is 0 Å². The molecule has 2 aromatic rings. The van der Waals surface area contributed by atoms with Crippen LogP contribution < -0.4 is 9.47 Å². The van der Waals surface area contributed by atoms with Crippen LogP contribution >= 0.6 is 11.3 Å². The zero-order chi connectivity index (χ0) is 16.9. The summed E-state index contributed by atoms with van der Waals surface area (Å²) in [7, 11) is 5.56. The third-order valence-corrected chi connectivity index (χ3v) is 5.72. The Hall–Kier alpha value is -1.59. The molecule has 0 N–H and O–H groups in total. The summed E-state index contributed by atoms with van der Waals surface area (Å²) >= 11 is 1.67. The van der Waals surface area contributed by atoms with E-state index in [9.17, 15) is 0 Å². The molecule has 0 radical (unpaired) electrons. The van der Waals surface area contributed by atoms with Crippen molar-refractivity contribution in [2.75, 3.05) is 21.3 Å². The fourth-order valence-corrected chi connectivity index (χ4v) is 4.30. The number of methoxy groups -OCH3 is 2. The highest BCUT2D eigenvalue weighted by Crippen LogP contribution is 2.39. The summed E-state index contributed by atoms with van der Waals surface area (Å²) in [6, 6.07) is 6.63. The van der Waals surface area contributed by atoms with Crippen LogP contribution in [-0.2, 0) is 6.54 Å². The lowest BCUT2D eigenvalue weighted by molar-refractivity contribution is 0.183. The Bertz CT molecular complexity index is 665. The molecule has 0 unspecified atom stereocenters. The van der Waals surface area contributed by atoms with Crippen LogP contribution in [0.15, 0.2) is 23.6 Å². The number of rotatable bonds is 6. The van der Waals surface area contributed by atoms with Crippen LogP contribution in [0.2, 0.25) is 0 Å². The summed E-state index contributed by atoms with van der Waals surface area (Å²) in [6.45, 7) is 0.910. The summed E-state index contributed by atoms with van der Waals surface area (Å²) in [4.78, 5) is 7.30. The van der Waals surface area contributed by atoms with Gasteiger partial charge in [-0.15, -0.1) is 11.3 Å². The topological polar surface area (TPSA) is 34.6 Å². The number of hydrogen-bond donors (Lipinski definition) is 0. The molecule has 1 aromatic heterocycles. The normalized spacial score (nSPS) is 15.7. The fraction of sp³-hybridized carbons (Fsp3) is 0.526. The molecule has 0 saturated heterocycles. The lowest BCUT2D eigenvalue weighted by Crippen LogP contribution is -2.32. The maximum Gasteiger partial charge on any atom is 0.170 e. The highest BCUT2D eigenvalue weighted by Gasteiger charge is 2.20. The van der Waals surface area contributed by atoms with Gasteiger partial charge in [0.2, 0.25) is 0 Å². The minimum atomic E-state index is 0.704. The molecular formula is C19H26N2O2S. The van der Waals surface area contributed by atoms with E-state index in [-0.39, 0.29) is 0 Å². The molecular weight excluding hydrogens is 320 g/mol. The van der Waals surface area contributed by atoms with Gasteiger partial charge >= 0.3 is 0 Å². The molecule has 0 atom stereocenters. The molecule has 0 bridgehead atoms. The van der Waals surface area contributed by atoms with Crippen molar-refractivity contribution < 1.29 is 9.47 Å². The van der Waals surface area contributed by atoms with Crippen molar-refractivity contribution in [3.63, 3.8) is 0 Å². The molecule has 130 valence electrons. The molecule has 4 nitrogen and oxygen atoms in total. The minimum Gasteiger partial charge on any atom is -0.493 e. The van der Waals surface area contributed by atoms with E-state index in [4.69, 9.17) is 14.5 Å². The third kappa shape index (κ3) is 3.73. The first-order valence-electron chi connectivity index (χ1n) is 8.59. The quantitative estimate of drug-likeness (QED) is 0.766. The van der Waals surface area contributed by atoms with E-state index in [1.54, 1.807) is 25.6 Å². The molecule has 3 rings (SSSR count). The maximum absolute atomic E-state index is 5.54. The first kappa shape index (κ1) is 17.2. The summed E-state index contributed by atoms with van der Waals surface area (Å²) in [6.07, 6.45) is 6.74. The molecule has 5 heteroatoms. The first-order chi connectivity index (χ1) is 11.7. The monoisotopic (exact) mass is 346 g/mol. The number of aromatic nitrogens is 1. The Morgan fingerprint density at radius 2 is 1.96 bits per heavy atom. The maximum atomic E-state index is 5.54. The van der Waals surface area contributed by atoms with Crippen molar-refractivity contribution in [3.05, 3.63) is 29.3 Å². The van der Waals surface area contributed by atoms with Gasteiger partial charge in [-0.2, -0.15) is 0 Å². The van der Waals surface area contributed by atoms with E-state index in [0.29, 0.717) is 6.04 Å². The zero-order valence-corrected chi connectivity index (χ0v) is 15.6. The van der Waals surface area contributed by atoms with Crippen LogP contribution in [0, 0.1) is 0 Å². The number of thiazole rings is 1. The van der Waals surface area contributed by atoms with Gasteiger partial charge in [0, 0.05) is 18.0 Å². The van der Waals surface area contributed by atoms with E-state index >= 15 is 0 Å². The molecule has 1 aliphatic rings. The van der Waals surface area contributed by atoms with Crippen molar-refractivity contribution in [2.24, 2.45) is 0 Å². The SMILES string of the molecule is COc1cccc(-c2nc(CN(C)C3CCCCC3)cs2)c1OC. The summed E-state index contributed by atoms with van der Waals surface area (Å²) in [5.74, 6) is 1.49. The van der Waals surface area contributed by atoms with Crippen LogP contribution in [0.5, 0.6) is 11.5 Å². The average molecular weight is 346 g/mol. The standard InChI is InChI=1S/C19H26N2O2S/c1-21(15-8-5-4-6-9-15)12-14-13-24-19(20-14)16-10-7-11-17(22-2)18(16)23-3/h7,10-11,13,15H,4-6,8-9,12H2,1-3H3. The van der Waals surface area contributed by atoms with Crippen LogP contribution in [0.1, 0.15) is 37.8 Å². The van der Waals surface area contributed by atoms with Gasteiger partial charge < -0.3 is 9.47 Å². The van der Waals surface area contributed by atoms with E-state index in [1.165, 1.54) is 32.1 Å². The fourth-order valence-electron chi connectivity index (χ4n) is 3.47. The van der Waals surface area contributed by atoms with Crippen molar-refractivity contribution in [3.8, 4) is 22.1 Å². The number of nitrogens with zero attached hydrogens (tertiary/aromatic N) is 2. The van der Waals surface area contributed by atoms with Crippen molar-refractivity contribution in [1.29, 1.82) is 0 Å². The number of para-hydroxylation sites is 1. The van der Waals surface area contributed by atoms with Gasteiger partial charge in [0.1, 0.15) is 5.01 Å². The molecule has 24 heavy (non-hydrogen) atoms. The number of ether oxygens (including phenoxy) is 2. The van der Waals surface area contributed by atoms with Gasteiger partial charge in [-0.3, -0.25) is 4.90 Å². The smallest absolute Gasteiger partial charge is 0.170 e. The van der Waals surface area contributed by atoms with Crippen LogP contribution in [-0.4, -0.2) is 37.2 Å². The van der Waals surface area contributed by atoms with E-state index in [2.05, 4.69) is 17.3 Å². The molecule has 1 saturated carbocycles. The second-order valence-corrected chi connectivity index (χ2v) is 7.25. The molecule has 0 amide bonds. The first-order valence-corrected chi connectivity index (χ1v) is 9.47. The highest BCUT2D eigenvalue weighted by molar-refractivity contribution is 7.13. The zero-order valence-electron chi connectivity index (χ0n) is 14.7. The summed E-state index contributed by atoms with van der Waals surface area (Å²) in [5.41, 5.74) is 2.13. The second kappa shape index (κ2) is 7.99. The lowest BCUT2D eigenvalue weighted by Gasteiger charge is -2.30. The summed E-state index contributed by atoms with van der Waals surface area (Å²) < 4.78 is 10.9. The lowest BCUT2D eigenvalue weighted by atomic mass is 9.94. The van der Waals surface area contributed by atoms with Crippen molar-refractivity contribution >= 4 is 11.3 Å². The minimum absolute atomic E-state index is 0.704. The summed E-state index contributed by atoms with van der Waals surface area (Å²) in [5, 5.41) is 3.14. The molecule has 1 heterocycles. The van der Waals surface area contributed by atoms with Gasteiger partial charge in [0.05, 0.1) is 25.5 Å². The van der Waals surface area contributed by atoms with Crippen LogP contribution in [0.25, 0.3) is 10.6 Å². The Morgan fingerprint density at radius 3 is 2.67 bits per heavy atom. The van der Waals surface area contributed by atoms with Crippen LogP contribution in [0.4, 0.5) is 0 Å². The van der Waals surface area contributed by atoms with Gasteiger partial charge in [-0.1, -0.05) is 25.3 Å². The van der Waals surface area contributed by atoms with E-state index in [1.807, 2.05) is 18.2 Å². The Kier molecular flexibility index (Phi) is 5.74. The van der Waals surface area contributed by atoms with E-state index < -0.39 is 0 Å². The predicted octanol–water partition coefficient (Wildman–Crippen LogP) is 4.59. The largest absolute Gasteiger partial charge is 0.493 e. The Morgan fingerprint density at radius 1 is 1.17 bits per heavy atom. The highest BCUT2D eigenvalue weighted by atomic mass is 32.1. The van der Waals surface area contributed by atoms with Gasteiger partial charge in [-0.05, 0) is 32.0 Å². The molecule has 0 aliphatic heterocycles. The van der Waals surface area contributed by atoms with E-state index in [0.717, 1.165) is 34.3 Å². The third-order valence-electron chi connectivity index (χ3n) is 4.79. The molecule has 1 aromatic carbocycles. The molecule has 1 aliphatic carbocycles. The predicted molar refractivity (Wildman–Crippen MR) is 99.0 cm³/mol. The number of hydrogen-bond acceptors (Lipinski definition) is 5. The number of benzene rings is 1. The van der Waals surface area contributed by atoms with Crippen molar-refractivity contribution in [1.82, 2.24) is 9.88 Å². The van der Waals surface area contributed by atoms with Crippen molar-refractivity contribution in [2.45, 2.75) is 44.7 Å². The Balaban J connectivity index is 1.76.